The first-order chi connectivity index (χ1) is 7.83. The maximum Gasteiger partial charge on any atom is 0.182 e. The molecule has 17 heavy (non-hydrogen) atoms. The van der Waals surface area contributed by atoms with Gasteiger partial charge in [-0.2, -0.15) is 0 Å². The fourth-order valence-corrected chi connectivity index (χ4v) is 7.22. The van der Waals surface area contributed by atoms with Gasteiger partial charge >= 0.3 is 0 Å². The zero-order chi connectivity index (χ0) is 12.7. The first-order valence-corrected chi connectivity index (χ1v) is 8.69. The summed E-state index contributed by atoms with van der Waals surface area (Å²) >= 11 is 0. The average Bonchev–Trinajstić information content (AvgIpc) is 2.54. The van der Waals surface area contributed by atoms with Gasteiger partial charge in [-0.05, 0) is 18.1 Å². The minimum atomic E-state index is -3.54. The molecule has 0 radical (unpaired) electrons. The Morgan fingerprint density at radius 3 is 2.18 bits per heavy atom. The van der Waals surface area contributed by atoms with Gasteiger partial charge < -0.3 is 0 Å². The van der Waals surface area contributed by atoms with Crippen LogP contribution < -0.4 is 0 Å². The third kappa shape index (κ3) is 2.37. The van der Waals surface area contributed by atoms with Gasteiger partial charge in [0.05, 0.1) is 21.7 Å². The summed E-state index contributed by atoms with van der Waals surface area (Å²) in [6, 6.07) is 8.02. The molecule has 0 N–H and O–H groups in total. The number of hydrogen-bond donors (Lipinski definition) is 0. The van der Waals surface area contributed by atoms with Gasteiger partial charge in [-0.1, -0.05) is 25.1 Å². The molecule has 0 bridgehead atoms. The summed E-state index contributed by atoms with van der Waals surface area (Å²) < 4.78 is 47.5. The lowest BCUT2D eigenvalue weighted by atomic mass is 10.2. The van der Waals surface area contributed by atoms with Crippen LogP contribution in [0.25, 0.3) is 0 Å². The molecule has 1 aliphatic heterocycles. The third-order valence-corrected chi connectivity index (χ3v) is 7.51. The van der Waals surface area contributed by atoms with Crippen LogP contribution in [0, 0.1) is 5.92 Å². The van der Waals surface area contributed by atoms with Crippen molar-refractivity contribution in [2.45, 2.75) is 17.1 Å². The van der Waals surface area contributed by atoms with Crippen LogP contribution >= 0.6 is 0 Å². The highest BCUT2D eigenvalue weighted by Gasteiger charge is 2.43. The Kier molecular flexibility index (Phi) is 3.03. The van der Waals surface area contributed by atoms with Crippen molar-refractivity contribution in [2.75, 3.05) is 11.5 Å². The van der Waals surface area contributed by atoms with Crippen molar-refractivity contribution in [1.29, 1.82) is 0 Å². The molecule has 2 rings (SSSR count). The van der Waals surface area contributed by atoms with Crippen LogP contribution in [-0.4, -0.2) is 33.6 Å². The molecule has 0 amide bonds. The van der Waals surface area contributed by atoms with E-state index in [0.717, 1.165) is 0 Å². The Labute approximate surface area is 102 Å². The van der Waals surface area contributed by atoms with Gasteiger partial charge in [0.1, 0.15) is 0 Å². The lowest BCUT2D eigenvalue weighted by Crippen LogP contribution is -2.27. The van der Waals surface area contributed by atoms with Gasteiger partial charge in [0.2, 0.25) is 0 Å². The van der Waals surface area contributed by atoms with Crippen molar-refractivity contribution in [3.63, 3.8) is 0 Å². The summed E-state index contributed by atoms with van der Waals surface area (Å²) in [6.45, 7) is 1.68. The van der Waals surface area contributed by atoms with E-state index in [1.165, 1.54) is 12.1 Å². The largest absolute Gasteiger partial charge is 0.229 e. The predicted octanol–water partition coefficient (Wildman–Crippen LogP) is 0.893. The van der Waals surface area contributed by atoms with Crippen LogP contribution in [0.4, 0.5) is 0 Å². The SMILES string of the molecule is C[C@@H]1CS(=O)(=O)C[C@H]1S(=O)(=O)c1ccccc1. The molecule has 1 fully saturated rings. The Morgan fingerprint density at radius 1 is 1.12 bits per heavy atom. The van der Waals surface area contributed by atoms with E-state index in [9.17, 15) is 16.8 Å². The molecule has 6 heteroatoms. The lowest BCUT2D eigenvalue weighted by Gasteiger charge is -2.14. The van der Waals surface area contributed by atoms with Gasteiger partial charge in [0, 0.05) is 0 Å². The molecule has 1 aromatic rings. The van der Waals surface area contributed by atoms with Crippen LogP contribution in [0.3, 0.4) is 0 Å². The third-order valence-electron chi connectivity index (χ3n) is 3.04. The van der Waals surface area contributed by atoms with Gasteiger partial charge in [0.15, 0.2) is 19.7 Å². The molecule has 1 heterocycles. The van der Waals surface area contributed by atoms with Crippen LogP contribution in [0.2, 0.25) is 0 Å². The van der Waals surface area contributed by atoms with E-state index in [1.54, 1.807) is 25.1 Å². The van der Waals surface area contributed by atoms with E-state index in [4.69, 9.17) is 0 Å². The molecule has 1 aromatic carbocycles. The Bertz CT molecular complexity index is 602. The first kappa shape index (κ1) is 12.6. The number of rotatable bonds is 2. The quantitative estimate of drug-likeness (QED) is 0.803. The summed E-state index contributed by atoms with van der Waals surface area (Å²) in [4.78, 5) is 0.203. The highest BCUT2D eigenvalue weighted by atomic mass is 32.2. The van der Waals surface area contributed by atoms with Crippen LogP contribution in [-0.2, 0) is 19.7 Å². The maximum absolute atomic E-state index is 12.3. The summed E-state index contributed by atoms with van der Waals surface area (Å²) in [5, 5.41) is -0.810. The van der Waals surface area contributed by atoms with Gasteiger partial charge in [-0.25, -0.2) is 16.8 Å². The Balaban J connectivity index is 2.42. The number of sulfone groups is 2. The summed E-state index contributed by atoms with van der Waals surface area (Å²) in [7, 11) is -6.75. The van der Waals surface area contributed by atoms with Crippen molar-refractivity contribution in [2.24, 2.45) is 5.92 Å². The van der Waals surface area contributed by atoms with E-state index in [-0.39, 0.29) is 22.3 Å². The van der Waals surface area contributed by atoms with Gasteiger partial charge in [-0.3, -0.25) is 0 Å². The van der Waals surface area contributed by atoms with Crippen molar-refractivity contribution in [3.8, 4) is 0 Å². The van der Waals surface area contributed by atoms with Gasteiger partial charge in [0.25, 0.3) is 0 Å². The molecule has 2 atom stereocenters. The van der Waals surface area contributed by atoms with Crippen molar-refractivity contribution < 1.29 is 16.8 Å². The fourth-order valence-electron chi connectivity index (χ4n) is 2.17. The molecule has 0 unspecified atom stereocenters. The molecule has 0 spiro atoms. The van der Waals surface area contributed by atoms with E-state index in [1.807, 2.05) is 0 Å². The molecule has 0 aromatic heterocycles. The van der Waals surface area contributed by atoms with E-state index >= 15 is 0 Å². The second-order valence-electron chi connectivity index (χ2n) is 4.45. The van der Waals surface area contributed by atoms with Crippen molar-refractivity contribution >= 4 is 19.7 Å². The molecule has 0 saturated carbocycles. The number of hydrogen-bond acceptors (Lipinski definition) is 4. The molecule has 0 aliphatic carbocycles. The van der Waals surface area contributed by atoms with E-state index < -0.39 is 24.9 Å². The smallest absolute Gasteiger partial charge is 0.182 e. The topological polar surface area (TPSA) is 68.3 Å². The first-order valence-electron chi connectivity index (χ1n) is 5.32. The highest BCUT2D eigenvalue weighted by Crippen LogP contribution is 2.29. The zero-order valence-electron chi connectivity index (χ0n) is 9.41. The van der Waals surface area contributed by atoms with E-state index in [2.05, 4.69) is 0 Å². The predicted molar refractivity (Wildman–Crippen MR) is 65.2 cm³/mol. The molecular formula is C11H14O4S2. The van der Waals surface area contributed by atoms with Crippen molar-refractivity contribution in [3.05, 3.63) is 30.3 Å². The average molecular weight is 274 g/mol. The summed E-state index contributed by atoms with van der Waals surface area (Å²) in [5.41, 5.74) is 0. The standard InChI is InChI=1S/C11H14O4S2/c1-9-7-16(12,13)8-11(9)17(14,15)10-5-3-2-4-6-10/h2-6,9,11H,7-8H2,1H3/t9-,11-/m1/s1. The minimum Gasteiger partial charge on any atom is -0.229 e. The van der Waals surface area contributed by atoms with Gasteiger partial charge in [-0.15, -0.1) is 0 Å². The zero-order valence-corrected chi connectivity index (χ0v) is 11.0. The molecule has 1 aliphatic rings. The maximum atomic E-state index is 12.3. The highest BCUT2D eigenvalue weighted by molar-refractivity contribution is 7.96. The molecular weight excluding hydrogens is 260 g/mol. The molecule has 4 nitrogen and oxygen atoms in total. The molecule has 94 valence electrons. The van der Waals surface area contributed by atoms with E-state index in [0.29, 0.717) is 0 Å². The van der Waals surface area contributed by atoms with Crippen LogP contribution in [0.15, 0.2) is 35.2 Å². The summed E-state index contributed by atoms with van der Waals surface area (Å²) in [6.07, 6.45) is 0. The Morgan fingerprint density at radius 2 is 1.71 bits per heavy atom. The van der Waals surface area contributed by atoms with Crippen LogP contribution in [0.1, 0.15) is 6.92 Å². The Hall–Kier alpha value is -0.880. The minimum absolute atomic E-state index is 0.0380. The lowest BCUT2D eigenvalue weighted by molar-refractivity contribution is 0.559. The summed E-state index contributed by atoms with van der Waals surface area (Å²) in [5.74, 6) is -0.639. The number of benzene rings is 1. The second-order valence-corrected chi connectivity index (χ2v) is 8.77. The second kappa shape index (κ2) is 4.10. The fraction of sp³-hybridized carbons (Fsp3) is 0.455. The normalized spacial score (nSPS) is 28.1. The van der Waals surface area contributed by atoms with Crippen LogP contribution in [0.5, 0.6) is 0 Å². The monoisotopic (exact) mass is 274 g/mol. The molecule has 1 saturated heterocycles. The van der Waals surface area contributed by atoms with Crippen molar-refractivity contribution in [1.82, 2.24) is 0 Å².